The molecular weight excluding hydrogens is 348 g/mol. The molecule has 0 aliphatic heterocycles. The summed E-state index contributed by atoms with van der Waals surface area (Å²) < 4.78 is 43.6. The van der Waals surface area contributed by atoms with Crippen molar-refractivity contribution in [3.63, 3.8) is 0 Å². The van der Waals surface area contributed by atoms with Crippen molar-refractivity contribution >= 4 is 33.5 Å². The zero-order valence-electron chi connectivity index (χ0n) is 11.5. The molecule has 1 fully saturated rings. The highest BCUT2D eigenvalue weighted by molar-refractivity contribution is 9.10. The molecule has 2 rings (SSSR count). The van der Waals surface area contributed by atoms with Crippen molar-refractivity contribution in [2.45, 2.75) is 44.3 Å². The lowest BCUT2D eigenvalue weighted by Gasteiger charge is -2.17. The van der Waals surface area contributed by atoms with Gasteiger partial charge in [-0.3, -0.25) is 0 Å². The van der Waals surface area contributed by atoms with E-state index >= 15 is 0 Å². The average molecular weight is 364 g/mol. The molecule has 0 amide bonds. The van der Waals surface area contributed by atoms with Crippen molar-refractivity contribution in [2.75, 3.05) is 0 Å². The number of nitrogens with zero attached hydrogens (tertiary/aromatic N) is 1. The highest BCUT2D eigenvalue weighted by Crippen LogP contribution is 2.43. The molecular formula is C14H16BrF2NOS. The maximum Gasteiger partial charge on any atom is 0.149 e. The van der Waals surface area contributed by atoms with Gasteiger partial charge < -0.3 is 4.55 Å². The van der Waals surface area contributed by atoms with Crippen molar-refractivity contribution in [3.8, 4) is 0 Å². The average Bonchev–Trinajstić information content (AvgIpc) is 3.16. The van der Waals surface area contributed by atoms with Crippen LogP contribution in [0.1, 0.15) is 50.7 Å². The Morgan fingerprint density at radius 2 is 1.95 bits per heavy atom. The van der Waals surface area contributed by atoms with Crippen LogP contribution in [0.2, 0.25) is 0 Å². The quantitative estimate of drug-likeness (QED) is 0.442. The molecule has 0 heterocycles. The van der Waals surface area contributed by atoms with Crippen LogP contribution in [-0.2, 0) is 11.4 Å². The molecule has 6 heteroatoms. The minimum atomic E-state index is -1.54. The van der Waals surface area contributed by atoms with Crippen LogP contribution in [0, 0.1) is 11.6 Å². The summed E-state index contributed by atoms with van der Waals surface area (Å²) >= 11 is 1.55. The van der Waals surface area contributed by atoms with Crippen molar-refractivity contribution in [2.24, 2.45) is 4.40 Å². The fourth-order valence-corrected chi connectivity index (χ4v) is 2.68. The van der Waals surface area contributed by atoms with E-state index in [0.717, 1.165) is 19.1 Å². The first-order valence-corrected chi connectivity index (χ1v) is 8.25. The van der Waals surface area contributed by atoms with Crippen molar-refractivity contribution in [3.05, 3.63) is 33.3 Å². The highest BCUT2D eigenvalue weighted by atomic mass is 79.9. The van der Waals surface area contributed by atoms with Crippen molar-refractivity contribution < 1.29 is 13.3 Å². The fraction of sp³-hybridized carbons (Fsp3) is 0.500. The first-order chi connectivity index (χ1) is 9.21. The largest absolute Gasteiger partial charge is 0.591 e. The Balaban J connectivity index is 2.38. The second-order valence-corrected chi connectivity index (χ2v) is 8.65. The summed E-state index contributed by atoms with van der Waals surface area (Å²) in [4.78, 5) is 0. The molecule has 0 N–H and O–H groups in total. The lowest BCUT2D eigenvalue weighted by atomic mass is 10.1. The van der Waals surface area contributed by atoms with Gasteiger partial charge in [-0.1, -0.05) is 4.40 Å². The van der Waals surface area contributed by atoms with Crippen LogP contribution in [0.5, 0.6) is 0 Å². The Kier molecular flexibility index (Phi) is 4.56. The fourth-order valence-electron chi connectivity index (χ4n) is 1.71. The van der Waals surface area contributed by atoms with Crippen LogP contribution in [-0.4, -0.2) is 15.5 Å². The lowest BCUT2D eigenvalue weighted by Crippen LogP contribution is -2.26. The molecule has 0 aromatic heterocycles. The summed E-state index contributed by atoms with van der Waals surface area (Å²) in [6, 6.07) is 1.49. The number of hydrogen-bond acceptors (Lipinski definition) is 2. The molecule has 1 aliphatic carbocycles. The number of hydrogen-bond donors (Lipinski definition) is 0. The van der Waals surface area contributed by atoms with Gasteiger partial charge in [-0.2, -0.15) is 0 Å². The minimum Gasteiger partial charge on any atom is -0.591 e. The van der Waals surface area contributed by atoms with Crippen LogP contribution >= 0.6 is 15.9 Å². The molecule has 0 saturated heterocycles. The Hall–Kier alpha value is -0.460. The van der Waals surface area contributed by atoms with Crippen LogP contribution in [0.15, 0.2) is 14.9 Å². The Morgan fingerprint density at radius 1 is 1.35 bits per heavy atom. The van der Waals surface area contributed by atoms with Crippen LogP contribution in [0.25, 0.3) is 0 Å². The predicted octanol–water partition coefficient (Wildman–Crippen LogP) is 4.49. The molecule has 1 atom stereocenters. The topological polar surface area (TPSA) is 35.4 Å². The van der Waals surface area contributed by atoms with Gasteiger partial charge in [-0.15, -0.1) is 0 Å². The third-order valence-electron chi connectivity index (χ3n) is 3.04. The maximum absolute atomic E-state index is 14.3. The molecule has 0 radical (unpaired) electrons. The zero-order chi connectivity index (χ0) is 15.1. The Bertz CT molecular complexity index is 553. The number of benzene rings is 1. The molecule has 1 aliphatic rings. The normalized spacial score (nSPS) is 17.8. The van der Waals surface area contributed by atoms with E-state index in [1.165, 1.54) is 6.07 Å². The highest BCUT2D eigenvalue weighted by Gasteiger charge is 2.30. The lowest BCUT2D eigenvalue weighted by molar-refractivity contribution is 0.560. The minimum absolute atomic E-state index is 0.159. The predicted molar refractivity (Wildman–Crippen MR) is 81.5 cm³/mol. The summed E-state index contributed by atoms with van der Waals surface area (Å²) in [5.41, 5.74) is 0.278. The van der Waals surface area contributed by atoms with Gasteiger partial charge in [-0.25, -0.2) is 8.78 Å². The first-order valence-electron chi connectivity index (χ1n) is 6.35. The third-order valence-corrected chi connectivity index (χ3v) is 4.96. The zero-order valence-corrected chi connectivity index (χ0v) is 13.9. The van der Waals surface area contributed by atoms with Crippen molar-refractivity contribution in [1.82, 2.24) is 0 Å². The molecule has 0 bridgehead atoms. The van der Waals surface area contributed by atoms with Gasteiger partial charge in [0.15, 0.2) is 0 Å². The van der Waals surface area contributed by atoms with E-state index in [0.29, 0.717) is 5.56 Å². The molecule has 1 aromatic rings. The van der Waals surface area contributed by atoms with Gasteiger partial charge in [0, 0.05) is 0 Å². The van der Waals surface area contributed by atoms with Gasteiger partial charge in [0.25, 0.3) is 0 Å². The summed E-state index contributed by atoms with van der Waals surface area (Å²) in [7, 11) is 0. The Labute approximate surface area is 129 Å². The summed E-state index contributed by atoms with van der Waals surface area (Å²) in [5.74, 6) is -1.14. The van der Waals surface area contributed by atoms with Gasteiger partial charge in [0.05, 0.1) is 16.3 Å². The van der Waals surface area contributed by atoms with Gasteiger partial charge >= 0.3 is 0 Å². The smallest absolute Gasteiger partial charge is 0.149 e. The van der Waals surface area contributed by atoms with Gasteiger partial charge in [0.1, 0.15) is 27.7 Å². The number of rotatable bonds is 3. The molecule has 110 valence electrons. The molecule has 1 aromatic carbocycles. The monoisotopic (exact) mass is 363 g/mol. The Morgan fingerprint density at radius 3 is 2.45 bits per heavy atom. The van der Waals surface area contributed by atoms with Crippen molar-refractivity contribution in [1.29, 1.82) is 0 Å². The summed E-state index contributed by atoms with van der Waals surface area (Å²) in [6.45, 7) is 5.26. The van der Waals surface area contributed by atoms with Gasteiger partial charge in [0.2, 0.25) is 0 Å². The molecule has 1 saturated carbocycles. The second-order valence-electron chi connectivity index (χ2n) is 5.86. The van der Waals surface area contributed by atoms with Crippen LogP contribution in [0.3, 0.4) is 0 Å². The van der Waals surface area contributed by atoms with E-state index in [1.54, 1.807) is 20.8 Å². The third kappa shape index (κ3) is 3.40. The first kappa shape index (κ1) is 15.9. The van der Waals surface area contributed by atoms with Crippen LogP contribution < -0.4 is 0 Å². The molecule has 0 spiro atoms. The van der Waals surface area contributed by atoms with E-state index in [9.17, 15) is 13.3 Å². The second kappa shape index (κ2) is 5.73. The van der Waals surface area contributed by atoms with E-state index < -0.39 is 27.7 Å². The van der Waals surface area contributed by atoms with E-state index in [1.807, 2.05) is 0 Å². The summed E-state index contributed by atoms with van der Waals surface area (Å²) in [5, 5.41) is 0. The summed E-state index contributed by atoms with van der Waals surface area (Å²) in [6.07, 6.45) is 2.88. The molecule has 20 heavy (non-hydrogen) atoms. The molecule has 0 unspecified atom stereocenters. The maximum atomic E-state index is 14.3. The number of halogens is 3. The standard InChI is InChI=1S/C14H16BrF2NOS/c1-14(2,3)20(19)18-7-10-12(16)9(8-4-5-8)6-11(15)13(10)17/h6-8H,4-5H2,1-3H3/b18-7+/t20-/m1/s1. The van der Waals surface area contributed by atoms with Gasteiger partial charge in [-0.05, 0) is 67.1 Å². The SMILES string of the molecule is CC(C)(C)[S@@+]([O-])/N=C/c1c(F)c(Br)cc(C2CC2)c1F. The van der Waals surface area contributed by atoms with Crippen LogP contribution in [0.4, 0.5) is 8.78 Å². The van der Waals surface area contributed by atoms with E-state index in [4.69, 9.17) is 0 Å². The van der Waals surface area contributed by atoms with E-state index in [-0.39, 0.29) is 16.0 Å². The van der Waals surface area contributed by atoms with E-state index in [2.05, 4.69) is 20.3 Å². The molecule has 2 nitrogen and oxygen atoms in total.